The Kier molecular flexibility index (Phi) is 6.34. The van der Waals surface area contributed by atoms with E-state index in [1.54, 1.807) is 18.2 Å². The predicted octanol–water partition coefficient (Wildman–Crippen LogP) is 2.15. The third-order valence-electron chi connectivity index (χ3n) is 3.24. The van der Waals surface area contributed by atoms with E-state index in [0.29, 0.717) is 5.56 Å². The van der Waals surface area contributed by atoms with Crippen LogP contribution >= 0.6 is 0 Å². The van der Waals surface area contributed by atoms with Crippen LogP contribution in [0, 0.1) is 11.3 Å². The Morgan fingerprint density at radius 1 is 1.35 bits per heavy atom. The number of esters is 1. The first kappa shape index (κ1) is 18.2. The molecule has 0 saturated heterocycles. The van der Waals surface area contributed by atoms with E-state index in [9.17, 15) is 14.7 Å². The van der Waals surface area contributed by atoms with Crippen molar-refractivity contribution in [3.05, 3.63) is 35.4 Å². The molecule has 1 aromatic rings. The number of benzene rings is 1. The molecule has 0 unspecified atom stereocenters. The van der Waals surface area contributed by atoms with Crippen molar-refractivity contribution in [3.63, 3.8) is 0 Å². The molecule has 0 aliphatic heterocycles. The van der Waals surface area contributed by atoms with E-state index < -0.39 is 18.5 Å². The van der Waals surface area contributed by atoms with Gasteiger partial charge in [-0.1, -0.05) is 19.1 Å². The SMILES string of the molecule is CCC(C)(C)NC(=O)COC(=O)/C(C#N)=C/c1ccc(O)cc1. The highest BCUT2D eigenvalue weighted by Gasteiger charge is 2.19. The van der Waals surface area contributed by atoms with Crippen molar-refractivity contribution in [3.8, 4) is 11.8 Å². The van der Waals surface area contributed by atoms with Gasteiger partial charge in [-0.15, -0.1) is 0 Å². The second-order valence-corrected chi connectivity index (χ2v) is 5.62. The molecule has 1 rings (SSSR count). The van der Waals surface area contributed by atoms with Crippen LogP contribution in [0.2, 0.25) is 0 Å². The topological polar surface area (TPSA) is 99.4 Å². The van der Waals surface area contributed by atoms with Gasteiger partial charge in [0.05, 0.1) is 0 Å². The fourth-order valence-electron chi connectivity index (χ4n) is 1.58. The summed E-state index contributed by atoms with van der Waals surface area (Å²) in [6.45, 7) is 5.20. The second kappa shape index (κ2) is 7.99. The number of phenolic OH excluding ortho intramolecular Hbond substituents is 1. The summed E-state index contributed by atoms with van der Waals surface area (Å²) < 4.78 is 4.85. The number of carbonyl (C=O) groups is 2. The van der Waals surface area contributed by atoms with Crippen molar-refractivity contribution in [2.24, 2.45) is 0 Å². The van der Waals surface area contributed by atoms with Gasteiger partial charge in [0.2, 0.25) is 0 Å². The predicted molar refractivity (Wildman–Crippen MR) is 85.2 cm³/mol. The number of hydrogen-bond acceptors (Lipinski definition) is 5. The molecule has 6 heteroatoms. The number of amides is 1. The number of rotatable bonds is 6. The summed E-state index contributed by atoms with van der Waals surface area (Å²) in [6.07, 6.45) is 2.06. The number of nitriles is 1. The van der Waals surface area contributed by atoms with Gasteiger partial charge in [0.25, 0.3) is 5.91 Å². The molecule has 1 amide bonds. The lowest BCUT2D eigenvalue weighted by Crippen LogP contribution is -2.44. The van der Waals surface area contributed by atoms with Crippen LogP contribution in [0.3, 0.4) is 0 Å². The van der Waals surface area contributed by atoms with Gasteiger partial charge >= 0.3 is 5.97 Å². The number of phenols is 1. The van der Waals surface area contributed by atoms with E-state index in [1.807, 2.05) is 20.8 Å². The van der Waals surface area contributed by atoms with Gasteiger partial charge in [0, 0.05) is 5.54 Å². The van der Waals surface area contributed by atoms with Crippen molar-refractivity contribution in [1.82, 2.24) is 5.32 Å². The highest BCUT2D eigenvalue weighted by Crippen LogP contribution is 2.13. The molecule has 0 bridgehead atoms. The Hall–Kier alpha value is -2.81. The van der Waals surface area contributed by atoms with E-state index >= 15 is 0 Å². The molecule has 23 heavy (non-hydrogen) atoms. The third-order valence-corrected chi connectivity index (χ3v) is 3.24. The number of nitrogens with one attached hydrogen (secondary N) is 1. The largest absolute Gasteiger partial charge is 0.508 e. The first-order valence-electron chi connectivity index (χ1n) is 7.16. The van der Waals surface area contributed by atoms with Crippen LogP contribution in [-0.2, 0) is 14.3 Å². The molecular weight excluding hydrogens is 296 g/mol. The quantitative estimate of drug-likeness (QED) is 0.476. The maximum Gasteiger partial charge on any atom is 0.349 e. The zero-order chi connectivity index (χ0) is 17.5. The van der Waals surface area contributed by atoms with Crippen molar-refractivity contribution in [2.75, 3.05) is 6.61 Å². The highest BCUT2D eigenvalue weighted by atomic mass is 16.5. The maximum absolute atomic E-state index is 11.8. The summed E-state index contributed by atoms with van der Waals surface area (Å²) in [5.74, 6) is -1.21. The molecule has 0 aromatic heterocycles. The smallest absolute Gasteiger partial charge is 0.349 e. The molecule has 1 aromatic carbocycles. The lowest BCUT2D eigenvalue weighted by atomic mass is 10.0. The molecule has 122 valence electrons. The number of ether oxygens (including phenoxy) is 1. The van der Waals surface area contributed by atoms with Gasteiger partial charge in [0.15, 0.2) is 6.61 Å². The first-order valence-corrected chi connectivity index (χ1v) is 7.16. The van der Waals surface area contributed by atoms with Crippen LogP contribution in [0.4, 0.5) is 0 Å². The fourth-order valence-corrected chi connectivity index (χ4v) is 1.58. The fraction of sp³-hybridized carbons (Fsp3) is 0.353. The second-order valence-electron chi connectivity index (χ2n) is 5.62. The van der Waals surface area contributed by atoms with Crippen molar-refractivity contribution >= 4 is 18.0 Å². The van der Waals surface area contributed by atoms with Crippen molar-refractivity contribution in [1.29, 1.82) is 5.26 Å². The Morgan fingerprint density at radius 2 is 1.96 bits per heavy atom. The molecule has 0 atom stereocenters. The van der Waals surface area contributed by atoms with Gasteiger partial charge in [-0.25, -0.2) is 4.79 Å². The van der Waals surface area contributed by atoms with Gasteiger partial charge in [-0.05, 0) is 44.0 Å². The third kappa shape index (κ3) is 6.22. The normalized spacial score (nSPS) is 11.5. The standard InChI is InChI=1S/C17H20N2O4/c1-4-17(2,3)19-15(21)11-23-16(22)13(10-18)9-12-5-7-14(20)8-6-12/h5-9,20H,4,11H2,1-3H3,(H,19,21)/b13-9+. The van der Waals surface area contributed by atoms with Crippen LogP contribution < -0.4 is 5.32 Å². The van der Waals surface area contributed by atoms with E-state index in [1.165, 1.54) is 18.2 Å². The average Bonchev–Trinajstić information content (AvgIpc) is 2.51. The van der Waals surface area contributed by atoms with Crippen LogP contribution in [-0.4, -0.2) is 29.1 Å². The van der Waals surface area contributed by atoms with Gasteiger partial charge in [0.1, 0.15) is 17.4 Å². The lowest BCUT2D eigenvalue weighted by molar-refractivity contribution is -0.144. The van der Waals surface area contributed by atoms with Gasteiger partial charge < -0.3 is 15.2 Å². The molecule has 0 heterocycles. The molecule has 0 aliphatic rings. The minimum atomic E-state index is -0.870. The monoisotopic (exact) mass is 316 g/mol. The molecule has 6 nitrogen and oxygen atoms in total. The molecule has 0 radical (unpaired) electrons. The summed E-state index contributed by atoms with van der Waals surface area (Å²) in [7, 11) is 0. The summed E-state index contributed by atoms with van der Waals surface area (Å²) in [5.41, 5.74) is -0.0465. The molecule has 0 aliphatic carbocycles. The van der Waals surface area contributed by atoms with Crippen LogP contribution in [0.15, 0.2) is 29.8 Å². The van der Waals surface area contributed by atoms with Gasteiger partial charge in [-0.2, -0.15) is 5.26 Å². The average molecular weight is 316 g/mol. The highest BCUT2D eigenvalue weighted by molar-refractivity contribution is 5.98. The lowest BCUT2D eigenvalue weighted by Gasteiger charge is -2.24. The molecule has 0 spiro atoms. The van der Waals surface area contributed by atoms with Crippen molar-refractivity contribution in [2.45, 2.75) is 32.7 Å². The Morgan fingerprint density at radius 3 is 2.48 bits per heavy atom. The van der Waals surface area contributed by atoms with Gasteiger partial charge in [-0.3, -0.25) is 4.79 Å². The first-order chi connectivity index (χ1) is 10.8. The Labute approximate surface area is 135 Å². The minimum Gasteiger partial charge on any atom is -0.508 e. The van der Waals surface area contributed by atoms with Crippen LogP contribution in [0.25, 0.3) is 6.08 Å². The number of aromatic hydroxyl groups is 1. The summed E-state index contributed by atoms with van der Waals surface area (Å²) in [6, 6.07) is 7.72. The zero-order valence-corrected chi connectivity index (χ0v) is 13.4. The number of nitrogens with zero attached hydrogens (tertiary/aromatic N) is 1. The molecule has 2 N–H and O–H groups in total. The zero-order valence-electron chi connectivity index (χ0n) is 13.4. The molecule has 0 saturated carbocycles. The number of hydrogen-bond donors (Lipinski definition) is 2. The van der Waals surface area contributed by atoms with Crippen molar-refractivity contribution < 1.29 is 19.4 Å². The maximum atomic E-state index is 11.8. The van der Waals surface area contributed by atoms with E-state index in [4.69, 9.17) is 10.00 Å². The Bertz CT molecular complexity index is 640. The van der Waals surface area contributed by atoms with Crippen LogP contribution in [0.1, 0.15) is 32.8 Å². The minimum absolute atomic E-state index is 0.0819. The summed E-state index contributed by atoms with van der Waals surface area (Å²) >= 11 is 0. The molecule has 0 fully saturated rings. The van der Waals surface area contributed by atoms with E-state index in [0.717, 1.165) is 6.42 Å². The Balaban J connectivity index is 2.66. The molecular formula is C17H20N2O4. The van der Waals surface area contributed by atoms with Crippen LogP contribution in [0.5, 0.6) is 5.75 Å². The summed E-state index contributed by atoms with van der Waals surface area (Å²) in [4.78, 5) is 23.6. The van der Waals surface area contributed by atoms with E-state index in [2.05, 4.69) is 5.32 Å². The summed E-state index contributed by atoms with van der Waals surface area (Å²) in [5, 5.41) is 21.0. The number of carbonyl (C=O) groups excluding carboxylic acids is 2. The van der Waals surface area contributed by atoms with E-state index in [-0.39, 0.29) is 16.9 Å².